The standard InChI is InChI=1S/C13H13I2N3O/c1-17-12-10(14)5-8(6-11(12)15)4-9(7-16)13(19)18(2)3/h4-6,17H,1-3H3/b9-4-. The minimum Gasteiger partial charge on any atom is -0.386 e. The molecule has 0 saturated carbocycles. The lowest BCUT2D eigenvalue weighted by Crippen LogP contribution is -2.22. The highest BCUT2D eigenvalue weighted by Gasteiger charge is 2.12. The van der Waals surface area contributed by atoms with Crippen LogP contribution >= 0.6 is 45.2 Å². The highest BCUT2D eigenvalue weighted by atomic mass is 127. The van der Waals surface area contributed by atoms with Crippen molar-refractivity contribution in [3.8, 4) is 6.07 Å². The second-order valence-corrected chi connectivity index (χ2v) is 6.30. The average Bonchev–Trinajstić information content (AvgIpc) is 2.34. The van der Waals surface area contributed by atoms with Crippen LogP contribution in [0.2, 0.25) is 0 Å². The fourth-order valence-corrected chi connectivity index (χ4v) is 3.82. The van der Waals surface area contributed by atoms with Gasteiger partial charge in [-0.1, -0.05) is 0 Å². The van der Waals surface area contributed by atoms with Crippen LogP contribution < -0.4 is 5.32 Å². The van der Waals surface area contributed by atoms with Crippen molar-refractivity contribution in [1.82, 2.24) is 4.90 Å². The molecule has 4 nitrogen and oxygen atoms in total. The summed E-state index contributed by atoms with van der Waals surface area (Å²) in [6.45, 7) is 0. The van der Waals surface area contributed by atoms with Crippen molar-refractivity contribution in [2.45, 2.75) is 0 Å². The van der Waals surface area contributed by atoms with Crippen molar-refractivity contribution in [3.05, 3.63) is 30.4 Å². The first-order chi connectivity index (χ1) is 8.90. The Morgan fingerprint density at radius 3 is 2.26 bits per heavy atom. The second kappa shape index (κ2) is 7.09. The summed E-state index contributed by atoms with van der Waals surface area (Å²) in [5, 5.41) is 12.2. The van der Waals surface area contributed by atoms with Crippen molar-refractivity contribution < 1.29 is 4.79 Å². The number of nitrogens with zero attached hydrogens (tertiary/aromatic N) is 2. The highest BCUT2D eigenvalue weighted by Crippen LogP contribution is 2.27. The van der Waals surface area contributed by atoms with Gasteiger partial charge in [0, 0.05) is 28.3 Å². The molecule has 0 spiro atoms. The van der Waals surface area contributed by atoms with Crippen molar-refractivity contribution >= 4 is 62.9 Å². The Balaban J connectivity index is 3.25. The summed E-state index contributed by atoms with van der Waals surface area (Å²) in [6.07, 6.45) is 1.62. The molecule has 1 amide bonds. The fourth-order valence-electron chi connectivity index (χ4n) is 1.46. The van der Waals surface area contributed by atoms with E-state index in [-0.39, 0.29) is 11.5 Å². The molecule has 0 aliphatic heterocycles. The molecule has 0 fully saturated rings. The molecule has 100 valence electrons. The number of likely N-dealkylation sites (N-methyl/N-ethyl adjacent to an activating group) is 1. The third-order valence-corrected chi connectivity index (χ3v) is 4.08. The van der Waals surface area contributed by atoms with Gasteiger partial charge in [0.15, 0.2) is 0 Å². The summed E-state index contributed by atoms with van der Waals surface area (Å²) in [6, 6.07) is 5.83. The van der Waals surface area contributed by atoms with Crippen LogP contribution in [0, 0.1) is 18.5 Å². The quantitative estimate of drug-likeness (QED) is 0.411. The predicted molar refractivity (Wildman–Crippen MR) is 93.7 cm³/mol. The highest BCUT2D eigenvalue weighted by molar-refractivity contribution is 14.1. The van der Waals surface area contributed by atoms with Gasteiger partial charge in [0.25, 0.3) is 5.91 Å². The summed E-state index contributed by atoms with van der Waals surface area (Å²) >= 11 is 4.45. The first kappa shape index (κ1) is 16.2. The monoisotopic (exact) mass is 481 g/mol. The zero-order valence-corrected chi connectivity index (χ0v) is 15.1. The molecular formula is C13H13I2N3O. The topological polar surface area (TPSA) is 56.1 Å². The van der Waals surface area contributed by atoms with Crippen LogP contribution in [0.4, 0.5) is 5.69 Å². The number of nitriles is 1. The number of halogens is 2. The zero-order valence-electron chi connectivity index (χ0n) is 10.8. The molecule has 1 aromatic rings. The summed E-state index contributed by atoms with van der Waals surface area (Å²) in [5.41, 5.74) is 2.03. The smallest absolute Gasteiger partial charge is 0.264 e. The Morgan fingerprint density at radius 2 is 1.89 bits per heavy atom. The molecule has 0 unspecified atom stereocenters. The lowest BCUT2D eigenvalue weighted by atomic mass is 10.1. The van der Waals surface area contributed by atoms with E-state index >= 15 is 0 Å². The molecule has 1 N–H and O–H groups in total. The van der Waals surface area contributed by atoms with Gasteiger partial charge in [-0.2, -0.15) is 5.26 Å². The van der Waals surface area contributed by atoms with E-state index in [0.717, 1.165) is 18.4 Å². The molecular weight excluding hydrogens is 468 g/mol. The molecule has 0 atom stereocenters. The largest absolute Gasteiger partial charge is 0.386 e. The van der Waals surface area contributed by atoms with Gasteiger partial charge in [0.2, 0.25) is 0 Å². The Morgan fingerprint density at radius 1 is 1.37 bits per heavy atom. The Labute approximate surface area is 140 Å². The number of nitrogens with one attached hydrogen (secondary N) is 1. The van der Waals surface area contributed by atoms with Crippen LogP contribution in [0.3, 0.4) is 0 Å². The van der Waals surface area contributed by atoms with E-state index < -0.39 is 0 Å². The van der Waals surface area contributed by atoms with Gasteiger partial charge in [-0.05, 0) is 69.0 Å². The van der Waals surface area contributed by atoms with Gasteiger partial charge >= 0.3 is 0 Å². The van der Waals surface area contributed by atoms with Crippen LogP contribution in [-0.4, -0.2) is 32.0 Å². The van der Waals surface area contributed by atoms with Crippen LogP contribution in [0.15, 0.2) is 17.7 Å². The summed E-state index contributed by atoms with van der Waals surface area (Å²) in [5.74, 6) is -0.287. The van der Waals surface area contributed by atoms with Gasteiger partial charge in [0.1, 0.15) is 11.6 Å². The molecule has 0 aliphatic carbocycles. The van der Waals surface area contributed by atoms with E-state index in [1.54, 1.807) is 20.2 Å². The van der Waals surface area contributed by atoms with Crippen LogP contribution in [0.1, 0.15) is 5.56 Å². The zero-order chi connectivity index (χ0) is 14.6. The van der Waals surface area contributed by atoms with Crippen LogP contribution in [0.5, 0.6) is 0 Å². The van der Waals surface area contributed by atoms with E-state index in [1.165, 1.54) is 4.90 Å². The fraction of sp³-hybridized carbons (Fsp3) is 0.231. The Kier molecular flexibility index (Phi) is 6.06. The van der Waals surface area contributed by atoms with E-state index in [4.69, 9.17) is 5.26 Å². The number of carbonyl (C=O) groups is 1. The third kappa shape index (κ3) is 4.07. The summed E-state index contributed by atoms with van der Waals surface area (Å²) in [4.78, 5) is 13.2. The number of carbonyl (C=O) groups excluding carboxylic acids is 1. The number of benzene rings is 1. The maximum atomic E-state index is 11.8. The van der Waals surface area contributed by atoms with Gasteiger partial charge in [-0.15, -0.1) is 0 Å². The minimum absolute atomic E-state index is 0.133. The molecule has 0 aliphatic rings. The number of amides is 1. The van der Waals surface area contributed by atoms with Gasteiger partial charge < -0.3 is 10.2 Å². The van der Waals surface area contributed by atoms with Crippen molar-refractivity contribution in [2.75, 3.05) is 26.5 Å². The first-order valence-electron chi connectivity index (χ1n) is 5.41. The third-order valence-electron chi connectivity index (χ3n) is 2.38. The molecule has 0 bridgehead atoms. The van der Waals surface area contributed by atoms with Crippen molar-refractivity contribution in [1.29, 1.82) is 5.26 Å². The number of hydrogen-bond acceptors (Lipinski definition) is 3. The average molecular weight is 481 g/mol. The van der Waals surface area contributed by atoms with E-state index in [1.807, 2.05) is 25.2 Å². The summed E-state index contributed by atoms with van der Waals surface area (Å²) < 4.78 is 2.10. The van der Waals surface area contributed by atoms with Crippen LogP contribution in [0.25, 0.3) is 6.08 Å². The minimum atomic E-state index is -0.287. The normalized spacial score (nSPS) is 10.8. The first-order valence-corrected chi connectivity index (χ1v) is 7.56. The van der Waals surface area contributed by atoms with Crippen molar-refractivity contribution in [2.24, 2.45) is 0 Å². The molecule has 1 aromatic carbocycles. The Bertz CT molecular complexity index is 551. The lowest BCUT2D eigenvalue weighted by Gasteiger charge is -2.10. The van der Waals surface area contributed by atoms with Crippen LogP contribution in [-0.2, 0) is 4.79 Å². The molecule has 6 heteroatoms. The summed E-state index contributed by atoms with van der Waals surface area (Å²) in [7, 11) is 5.13. The second-order valence-electron chi connectivity index (χ2n) is 3.98. The SMILES string of the molecule is CNc1c(I)cc(/C=C(/C#N)C(=O)N(C)C)cc1I. The van der Waals surface area contributed by atoms with E-state index in [9.17, 15) is 4.79 Å². The molecule has 0 heterocycles. The van der Waals surface area contributed by atoms with Crippen molar-refractivity contribution in [3.63, 3.8) is 0 Å². The van der Waals surface area contributed by atoms with E-state index in [0.29, 0.717) is 0 Å². The predicted octanol–water partition coefficient (Wildman–Crippen LogP) is 2.93. The van der Waals surface area contributed by atoms with Gasteiger partial charge in [-0.3, -0.25) is 4.79 Å². The number of anilines is 1. The number of hydrogen-bond donors (Lipinski definition) is 1. The molecule has 0 radical (unpaired) electrons. The van der Waals surface area contributed by atoms with Gasteiger partial charge in [-0.25, -0.2) is 0 Å². The molecule has 0 aromatic heterocycles. The van der Waals surface area contributed by atoms with Gasteiger partial charge in [0.05, 0.1) is 5.69 Å². The maximum Gasteiger partial charge on any atom is 0.264 e. The molecule has 19 heavy (non-hydrogen) atoms. The lowest BCUT2D eigenvalue weighted by molar-refractivity contribution is -0.124. The maximum absolute atomic E-state index is 11.8. The molecule has 1 rings (SSSR count). The number of rotatable bonds is 3. The van der Waals surface area contributed by atoms with E-state index in [2.05, 4.69) is 50.5 Å². The molecule has 0 saturated heterocycles. The Hall–Kier alpha value is -0.820.